The van der Waals surface area contributed by atoms with E-state index >= 15 is 0 Å². The van der Waals surface area contributed by atoms with E-state index in [2.05, 4.69) is 34.5 Å². The van der Waals surface area contributed by atoms with Crippen LogP contribution in [0.15, 0.2) is 4.99 Å². The van der Waals surface area contributed by atoms with Crippen LogP contribution in [-0.4, -0.2) is 24.0 Å². The molecule has 18 heavy (non-hydrogen) atoms. The van der Waals surface area contributed by atoms with Gasteiger partial charge in [-0.05, 0) is 27.2 Å². The van der Waals surface area contributed by atoms with E-state index < -0.39 is 0 Å². The lowest BCUT2D eigenvalue weighted by Gasteiger charge is -2.10. The lowest BCUT2D eigenvalue weighted by atomic mass is 10.3. The number of thiazole rings is 1. The van der Waals surface area contributed by atoms with Crippen LogP contribution in [0.2, 0.25) is 0 Å². The highest BCUT2D eigenvalue weighted by molar-refractivity contribution is 7.11. The van der Waals surface area contributed by atoms with Crippen LogP contribution in [0, 0.1) is 13.8 Å². The molecule has 1 aromatic rings. The van der Waals surface area contributed by atoms with Crippen molar-refractivity contribution in [2.75, 3.05) is 13.1 Å². The van der Waals surface area contributed by atoms with Gasteiger partial charge in [-0.3, -0.25) is 0 Å². The molecule has 0 saturated carbocycles. The average Bonchev–Trinajstić information content (AvgIpc) is 2.65. The van der Waals surface area contributed by atoms with Gasteiger partial charge in [0.2, 0.25) is 0 Å². The molecule has 5 heteroatoms. The van der Waals surface area contributed by atoms with E-state index in [1.54, 1.807) is 11.3 Å². The third-order valence-electron chi connectivity index (χ3n) is 2.55. The second kappa shape index (κ2) is 8.08. The Morgan fingerprint density at radius 2 is 2.06 bits per heavy atom. The molecule has 0 fully saturated rings. The molecule has 0 amide bonds. The van der Waals surface area contributed by atoms with Crippen molar-refractivity contribution in [1.29, 1.82) is 0 Å². The van der Waals surface area contributed by atoms with Gasteiger partial charge >= 0.3 is 0 Å². The van der Waals surface area contributed by atoms with Crippen molar-refractivity contribution in [3.05, 3.63) is 15.6 Å². The van der Waals surface area contributed by atoms with Crippen LogP contribution in [0.4, 0.5) is 0 Å². The van der Waals surface area contributed by atoms with Gasteiger partial charge in [0.05, 0.1) is 17.2 Å². The molecular weight excluding hydrogens is 244 g/mol. The molecule has 4 nitrogen and oxygen atoms in total. The van der Waals surface area contributed by atoms with Gasteiger partial charge in [-0.2, -0.15) is 0 Å². The van der Waals surface area contributed by atoms with E-state index in [1.807, 2.05) is 13.8 Å². The molecule has 0 unspecified atom stereocenters. The van der Waals surface area contributed by atoms with Crippen LogP contribution < -0.4 is 10.6 Å². The summed E-state index contributed by atoms with van der Waals surface area (Å²) < 4.78 is 0. The van der Waals surface area contributed by atoms with E-state index in [0.29, 0.717) is 6.54 Å². The fourth-order valence-corrected chi connectivity index (χ4v) is 2.46. The number of guanidine groups is 1. The van der Waals surface area contributed by atoms with E-state index in [-0.39, 0.29) is 0 Å². The van der Waals surface area contributed by atoms with E-state index in [1.165, 1.54) is 17.7 Å². The first-order valence-electron chi connectivity index (χ1n) is 6.62. The van der Waals surface area contributed by atoms with E-state index in [4.69, 9.17) is 0 Å². The Hall–Kier alpha value is -1.10. The summed E-state index contributed by atoms with van der Waals surface area (Å²) in [6.07, 6.45) is 2.36. The molecule has 2 N–H and O–H groups in total. The topological polar surface area (TPSA) is 49.3 Å². The number of aromatic nitrogens is 1. The molecule has 0 aliphatic heterocycles. The Morgan fingerprint density at radius 3 is 2.61 bits per heavy atom. The standard InChI is InChI=1S/C13H24N4S/c1-5-7-8-15-13(14-6-2)16-9-12-10(3)17-11(4)18-12/h5-9H2,1-4H3,(H2,14,15,16). The first-order chi connectivity index (χ1) is 8.67. The smallest absolute Gasteiger partial charge is 0.191 e. The van der Waals surface area contributed by atoms with Gasteiger partial charge in [0.25, 0.3) is 0 Å². The van der Waals surface area contributed by atoms with Crippen LogP contribution in [0.5, 0.6) is 0 Å². The summed E-state index contributed by atoms with van der Waals surface area (Å²) in [5, 5.41) is 7.71. The van der Waals surface area contributed by atoms with Crippen molar-refractivity contribution in [3.8, 4) is 0 Å². The van der Waals surface area contributed by atoms with Gasteiger partial charge in [0.1, 0.15) is 0 Å². The molecule has 0 aromatic carbocycles. The summed E-state index contributed by atoms with van der Waals surface area (Å²) in [5.41, 5.74) is 1.10. The Bertz CT molecular complexity index is 384. The predicted octanol–water partition coefficient (Wildman–Crippen LogP) is 2.62. The largest absolute Gasteiger partial charge is 0.357 e. The summed E-state index contributed by atoms with van der Waals surface area (Å²) in [4.78, 5) is 10.3. The molecule has 0 spiro atoms. The zero-order chi connectivity index (χ0) is 13.4. The minimum atomic E-state index is 0.707. The summed E-state index contributed by atoms with van der Waals surface area (Å²) in [6.45, 7) is 10.9. The summed E-state index contributed by atoms with van der Waals surface area (Å²) in [7, 11) is 0. The zero-order valence-electron chi connectivity index (χ0n) is 11.8. The highest BCUT2D eigenvalue weighted by Gasteiger charge is 2.04. The molecule has 0 bridgehead atoms. The second-order valence-electron chi connectivity index (χ2n) is 4.22. The number of hydrogen-bond acceptors (Lipinski definition) is 3. The normalized spacial score (nSPS) is 11.7. The highest BCUT2D eigenvalue weighted by Crippen LogP contribution is 2.17. The Kier molecular flexibility index (Phi) is 6.72. The number of hydrogen-bond donors (Lipinski definition) is 2. The van der Waals surface area contributed by atoms with Crippen molar-refractivity contribution in [3.63, 3.8) is 0 Å². The van der Waals surface area contributed by atoms with Gasteiger partial charge in [0, 0.05) is 18.0 Å². The number of nitrogens with one attached hydrogen (secondary N) is 2. The third-order valence-corrected chi connectivity index (χ3v) is 3.60. The fraction of sp³-hybridized carbons (Fsp3) is 0.692. The van der Waals surface area contributed by atoms with Crippen molar-refractivity contribution in [2.45, 2.75) is 47.1 Å². The lowest BCUT2D eigenvalue weighted by Crippen LogP contribution is -2.37. The van der Waals surface area contributed by atoms with Crippen LogP contribution >= 0.6 is 11.3 Å². The minimum absolute atomic E-state index is 0.707. The quantitative estimate of drug-likeness (QED) is 0.474. The highest BCUT2D eigenvalue weighted by atomic mass is 32.1. The van der Waals surface area contributed by atoms with Gasteiger partial charge in [0.15, 0.2) is 5.96 Å². The van der Waals surface area contributed by atoms with Gasteiger partial charge in [-0.15, -0.1) is 11.3 Å². The van der Waals surface area contributed by atoms with Crippen molar-refractivity contribution >= 4 is 17.3 Å². The second-order valence-corrected chi connectivity index (χ2v) is 5.50. The van der Waals surface area contributed by atoms with Crippen molar-refractivity contribution in [1.82, 2.24) is 15.6 Å². The Morgan fingerprint density at radius 1 is 1.28 bits per heavy atom. The first-order valence-corrected chi connectivity index (χ1v) is 7.44. The minimum Gasteiger partial charge on any atom is -0.357 e. The maximum atomic E-state index is 4.59. The molecule has 1 aromatic heterocycles. The molecule has 0 saturated heterocycles. The number of nitrogens with zero attached hydrogens (tertiary/aromatic N) is 2. The van der Waals surface area contributed by atoms with Crippen LogP contribution in [0.3, 0.4) is 0 Å². The summed E-state index contributed by atoms with van der Waals surface area (Å²) >= 11 is 1.73. The number of rotatable bonds is 6. The van der Waals surface area contributed by atoms with Crippen LogP contribution in [0.1, 0.15) is 42.3 Å². The number of unbranched alkanes of at least 4 members (excludes halogenated alkanes) is 1. The molecule has 102 valence electrons. The lowest BCUT2D eigenvalue weighted by molar-refractivity contribution is 0.730. The summed E-state index contributed by atoms with van der Waals surface area (Å²) in [5.74, 6) is 0.899. The maximum absolute atomic E-state index is 4.59. The third kappa shape index (κ3) is 5.04. The molecule has 0 aliphatic rings. The monoisotopic (exact) mass is 268 g/mol. The van der Waals surface area contributed by atoms with Crippen molar-refractivity contribution in [2.24, 2.45) is 4.99 Å². The first kappa shape index (κ1) is 15.0. The number of aliphatic imine (C=N–C) groups is 1. The van der Waals surface area contributed by atoms with Gasteiger partial charge < -0.3 is 10.6 Å². The van der Waals surface area contributed by atoms with Crippen molar-refractivity contribution < 1.29 is 0 Å². The fourth-order valence-electron chi connectivity index (χ4n) is 1.60. The molecular formula is C13H24N4S. The Balaban J connectivity index is 2.56. The molecule has 1 heterocycles. The molecule has 0 aliphatic carbocycles. The summed E-state index contributed by atoms with van der Waals surface area (Å²) in [6, 6.07) is 0. The molecule has 0 atom stereocenters. The van der Waals surface area contributed by atoms with Gasteiger partial charge in [-0.1, -0.05) is 13.3 Å². The van der Waals surface area contributed by atoms with Gasteiger partial charge in [-0.25, -0.2) is 9.98 Å². The average molecular weight is 268 g/mol. The molecule has 1 rings (SSSR count). The predicted molar refractivity (Wildman–Crippen MR) is 79.3 cm³/mol. The molecule has 0 radical (unpaired) electrons. The van der Waals surface area contributed by atoms with E-state index in [9.17, 15) is 0 Å². The van der Waals surface area contributed by atoms with E-state index in [0.717, 1.165) is 29.8 Å². The zero-order valence-corrected chi connectivity index (χ0v) is 12.7. The maximum Gasteiger partial charge on any atom is 0.191 e. The van der Waals surface area contributed by atoms with Crippen LogP contribution in [0.25, 0.3) is 0 Å². The van der Waals surface area contributed by atoms with Crippen LogP contribution in [-0.2, 0) is 6.54 Å². The Labute approximate surface area is 114 Å². The SMILES string of the molecule is CCCCNC(=NCc1sc(C)nc1C)NCC. The number of aryl methyl sites for hydroxylation is 2.